The molecule has 6 nitrogen and oxygen atoms in total. The number of fused-ring (bicyclic) bond motifs is 1. The highest BCUT2D eigenvalue weighted by atomic mass is 16.2. The van der Waals surface area contributed by atoms with Gasteiger partial charge in [-0.3, -0.25) is 9.59 Å². The fraction of sp³-hybridized carbons (Fsp3) is 0.400. The van der Waals surface area contributed by atoms with E-state index in [-0.39, 0.29) is 17.9 Å². The molecule has 2 aliphatic heterocycles. The molecule has 0 aromatic heterocycles. The van der Waals surface area contributed by atoms with Crippen LogP contribution in [-0.4, -0.2) is 41.9 Å². The van der Waals surface area contributed by atoms with E-state index in [0.717, 1.165) is 24.2 Å². The maximum Gasteiger partial charge on any atom is 0.212 e. The summed E-state index contributed by atoms with van der Waals surface area (Å²) in [5, 5.41) is 3.15. The van der Waals surface area contributed by atoms with E-state index >= 15 is 0 Å². The second-order valence-corrected chi connectivity index (χ2v) is 5.52. The number of carbonyl (C=O) groups is 2. The van der Waals surface area contributed by atoms with Crippen molar-refractivity contribution in [2.75, 3.05) is 12.3 Å². The molecule has 1 aromatic carbocycles. The van der Waals surface area contributed by atoms with E-state index in [9.17, 15) is 9.59 Å². The van der Waals surface area contributed by atoms with Crippen molar-refractivity contribution in [1.29, 1.82) is 0 Å². The van der Waals surface area contributed by atoms with Gasteiger partial charge in [0, 0.05) is 24.8 Å². The first kappa shape index (κ1) is 13.8. The fourth-order valence-electron chi connectivity index (χ4n) is 2.88. The van der Waals surface area contributed by atoms with Gasteiger partial charge in [0.05, 0.1) is 18.1 Å². The molecule has 2 unspecified atom stereocenters. The molecule has 1 saturated heterocycles. The maximum atomic E-state index is 11.4. The average molecular weight is 286 g/mol. The Morgan fingerprint density at radius 1 is 1.43 bits per heavy atom. The van der Waals surface area contributed by atoms with Gasteiger partial charge in [-0.25, -0.2) is 4.99 Å². The number of Topliss-reactive ketones (excluding diaryl/α,β-unsaturated/α-hetero) is 1. The first-order chi connectivity index (χ1) is 10.2. The highest BCUT2D eigenvalue weighted by molar-refractivity contribution is 6.27. The molecule has 1 aromatic rings. The van der Waals surface area contributed by atoms with Crippen LogP contribution in [0.25, 0.3) is 0 Å². The summed E-state index contributed by atoms with van der Waals surface area (Å²) >= 11 is 0. The number of rotatable bonds is 3. The van der Waals surface area contributed by atoms with E-state index in [4.69, 9.17) is 5.73 Å². The molecule has 0 aliphatic carbocycles. The number of nitrogen functional groups attached to an aromatic ring is 1. The van der Waals surface area contributed by atoms with Crippen LogP contribution in [0.1, 0.15) is 18.4 Å². The average Bonchev–Trinajstić information content (AvgIpc) is 2.53. The van der Waals surface area contributed by atoms with E-state index in [1.807, 2.05) is 24.5 Å². The summed E-state index contributed by atoms with van der Waals surface area (Å²) in [5.74, 6) is -0.360. The molecule has 1 fully saturated rings. The Morgan fingerprint density at radius 2 is 2.29 bits per heavy atom. The summed E-state index contributed by atoms with van der Waals surface area (Å²) < 4.78 is 0. The third-order valence-electron chi connectivity index (χ3n) is 4.12. The first-order valence-electron chi connectivity index (χ1n) is 7.08. The number of anilines is 1. The quantitative estimate of drug-likeness (QED) is 0.483. The SMILES string of the molecule is Nc1ccc2c(c1)N=CN(C1CCC(C(=O)C=O)NC1)C2. The summed E-state index contributed by atoms with van der Waals surface area (Å²) in [6.45, 7) is 1.47. The summed E-state index contributed by atoms with van der Waals surface area (Å²) in [6, 6.07) is 5.72. The third-order valence-corrected chi connectivity index (χ3v) is 4.12. The minimum Gasteiger partial charge on any atom is -0.399 e. The van der Waals surface area contributed by atoms with Crippen LogP contribution < -0.4 is 11.1 Å². The second kappa shape index (κ2) is 5.65. The smallest absolute Gasteiger partial charge is 0.212 e. The lowest BCUT2D eigenvalue weighted by Crippen LogP contribution is -2.52. The van der Waals surface area contributed by atoms with Gasteiger partial charge in [-0.15, -0.1) is 0 Å². The van der Waals surface area contributed by atoms with Crippen molar-refractivity contribution in [2.45, 2.75) is 31.5 Å². The van der Waals surface area contributed by atoms with Crippen LogP contribution >= 0.6 is 0 Å². The van der Waals surface area contributed by atoms with Gasteiger partial charge < -0.3 is 16.0 Å². The number of aliphatic imine (C=N–C) groups is 1. The van der Waals surface area contributed by atoms with Gasteiger partial charge in [0.1, 0.15) is 0 Å². The molecule has 21 heavy (non-hydrogen) atoms. The van der Waals surface area contributed by atoms with E-state index in [1.54, 1.807) is 0 Å². The standard InChI is InChI=1S/C15H18N4O2/c16-11-2-1-10-7-19(9-18-14(10)5-11)12-3-4-13(17-6-12)15(21)8-20/h1-2,5,8-9,12-13,17H,3-4,6-7,16H2. The van der Waals surface area contributed by atoms with Crippen molar-refractivity contribution in [3.05, 3.63) is 23.8 Å². The number of aldehydes is 1. The number of nitrogens with two attached hydrogens (primary N) is 1. The maximum absolute atomic E-state index is 11.4. The predicted molar refractivity (Wildman–Crippen MR) is 80.4 cm³/mol. The van der Waals surface area contributed by atoms with Crippen LogP contribution in [0.4, 0.5) is 11.4 Å². The number of hydrogen-bond donors (Lipinski definition) is 2. The number of piperidine rings is 1. The van der Waals surface area contributed by atoms with Crippen molar-refractivity contribution in [3.8, 4) is 0 Å². The van der Waals surface area contributed by atoms with Gasteiger partial charge in [-0.1, -0.05) is 6.07 Å². The monoisotopic (exact) mass is 286 g/mol. The van der Waals surface area contributed by atoms with Crippen molar-refractivity contribution in [2.24, 2.45) is 4.99 Å². The van der Waals surface area contributed by atoms with Gasteiger partial charge >= 0.3 is 0 Å². The zero-order valence-electron chi connectivity index (χ0n) is 11.7. The molecule has 0 radical (unpaired) electrons. The van der Waals surface area contributed by atoms with Crippen molar-refractivity contribution in [1.82, 2.24) is 10.2 Å². The lowest BCUT2D eigenvalue weighted by Gasteiger charge is -2.37. The number of nitrogens with zero attached hydrogens (tertiary/aromatic N) is 2. The third kappa shape index (κ3) is 2.80. The number of nitrogens with one attached hydrogen (secondary N) is 1. The zero-order valence-corrected chi connectivity index (χ0v) is 11.7. The lowest BCUT2D eigenvalue weighted by atomic mass is 9.96. The first-order valence-corrected chi connectivity index (χ1v) is 7.08. The van der Waals surface area contributed by atoms with E-state index in [2.05, 4.69) is 15.2 Å². The van der Waals surface area contributed by atoms with Crippen LogP contribution in [0.5, 0.6) is 0 Å². The molecule has 2 heterocycles. The minimum absolute atomic E-state index is 0.287. The number of benzene rings is 1. The summed E-state index contributed by atoms with van der Waals surface area (Å²) in [6.07, 6.45) is 3.80. The Balaban J connectivity index is 1.64. The highest BCUT2D eigenvalue weighted by Gasteiger charge is 2.29. The molecule has 2 aliphatic rings. The molecule has 0 amide bonds. The topological polar surface area (TPSA) is 87.8 Å². The van der Waals surface area contributed by atoms with Crippen LogP contribution in [0.3, 0.4) is 0 Å². The van der Waals surface area contributed by atoms with E-state index < -0.39 is 0 Å². The Labute approximate surface area is 123 Å². The Kier molecular flexibility index (Phi) is 3.70. The zero-order chi connectivity index (χ0) is 14.8. The summed E-state index contributed by atoms with van der Waals surface area (Å²) in [4.78, 5) is 28.5. The van der Waals surface area contributed by atoms with E-state index in [0.29, 0.717) is 24.9 Å². The molecular weight excluding hydrogens is 268 g/mol. The van der Waals surface area contributed by atoms with Gasteiger partial charge in [-0.05, 0) is 30.5 Å². The molecule has 0 bridgehead atoms. The fourth-order valence-corrected chi connectivity index (χ4v) is 2.88. The van der Waals surface area contributed by atoms with Crippen LogP contribution in [0, 0.1) is 0 Å². The predicted octanol–water partition coefficient (Wildman–Crippen LogP) is 0.633. The molecule has 0 spiro atoms. The lowest BCUT2D eigenvalue weighted by molar-refractivity contribution is -0.131. The highest BCUT2D eigenvalue weighted by Crippen LogP contribution is 2.28. The molecular formula is C15H18N4O2. The van der Waals surface area contributed by atoms with Crippen molar-refractivity contribution in [3.63, 3.8) is 0 Å². The summed E-state index contributed by atoms with van der Waals surface area (Å²) in [5.41, 5.74) is 8.55. The molecule has 0 saturated carbocycles. The van der Waals surface area contributed by atoms with Crippen LogP contribution in [0.2, 0.25) is 0 Å². The largest absolute Gasteiger partial charge is 0.399 e. The Hall–Kier alpha value is -2.21. The van der Waals surface area contributed by atoms with Crippen molar-refractivity contribution >= 4 is 29.8 Å². The Morgan fingerprint density at radius 3 is 3.00 bits per heavy atom. The number of hydrogen-bond acceptors (Lipinski definition) is 6. The van der Waals surface area contributed by atoms with Gasteiger partial charge in [-0.2, -0.15) is 0 Å². The van der Waals surface area contributed by atoms with Gasteiger partial charge in [0.25, 0.3) is 0 Å². The Bertz CT molecular complexity index is 591. The molecule has 110 valence electrons. The van der Waals surface area contributed by atoms with Gasteiger partial charge in [0.15, 0.2) is 6.29 Å². The minimum atomic E-state index is -0.360. The van der Waals surface area contributed by atoms with Crippen LogP contribution in [-0.2, 0) is 16.1 Å². The van der Waals surface area contributed by atoms with Crippen molar-refractivity contribution < 1.29 is 9.59 Å². The second-order valence-electron chi connectivity index (χ2n) is 5.52. The normalized spacial score (nSPS) is 24.5. The number of ketones is 1. The summed E-state index contributed by atoms with van der Waals surface area (Å²) in [7, 11) is 0. The molecule has 2 atom stereocenters. The van der Waals surface area contributed by atoms with Crippen LogP contribution in [0.15, 0.2) is 23.2 Å². The number of carbonyl (C=O) groups excluding carboxylic acids is 2. The molecule has 3 rings (SSSR count). The molecule has 6 heteroatoms. The van der Waals surface area contributed by atoms with E-state index in [1.165, 1.54) is 0 Å². The molecule has 3 N–H and O–H groups in total. The van der Waals surface area contributed by atoms with Gasteiger partial charge in [0.2, 0.25) is 5.78 Å².